The molecule has 0 radical (unpaired) electrons. The summed E-state index contributed by atoms with van der Waals surface area (Å²) in [6, 6.07) is -1.11. The minimum atomic E-state index is -1.19. The van der Waals surface area contributed by atoms with Crippen molar-refractivity contribution in [3.8, 4) is 0 Å². The van der Waals surface area contributed by atoms with Crippen LogP contribution in [-0.2, 0) is 14.4 Å². The van der Waals surface area contributed by atoms with Crippen LogP contribution in [0.5, 0.6) is 0 Å². The number of aliphatic carboxylic acids is 1. The molecule has 28 heavy (non-hydrogen) atoms. The van der Waals surface area contributed by atoms with E-state index in [4.69, 9.17) is 10.5 Å². The molecule has 4 N–H and O–H groups in total. The van der Waals surface area contributed by atoms with E-state index < -0.39 is 17.9 Å². The van der Waals surface area contributed by atoms with E-state index in [1.807, 2.05) is 0 Å². The minimum absolute atomic E-state index is 0. The quantitative estimate of drug-likeness (QED) is 0.0765. The first-order valence-electron chi connectivity index (χ1n) is 9.53. The van der Waals surface area contributed by atoms with E-state index in [-0.39, 0.29) is 60.6 Å². The van der Waals surface area contributed by atoms with E-state index in [0.717, 1.165) is 44.9 Å². The molecule has 0 saturated carbocycles. The van der Waals surface area contributed by atoms with Crippen molar-refractivity contribution in [3.05, 3.63) is 12.7 Å². The van der Waals surface area contributed by atoms with E-state index in [2.05, 4.69) is 17.2 Å². The molecule has 0 aromatic heterocycles. The predicted octanol–water partition coefficient (Wildman–Crippen LogP) is -1.51. The summed E-state index contributed by atoms with van der Waals surface area (Å²) in [5.41, 5.74) is 0. The van der Waals surface area contributed by atoms with E-state index in [0.29, 0.717) is 13.0 Å². The van der Waals surface area contributed by atoms with Crippen molar-refractivity contribution < 1.29 is 54.2 Å². The van der Waals surface area contributed by atoms with Gasteiger partial charge < -0.3 is 26.3 Å². The number of amides is 2. The van der Waals surface area contributed by atoms with Crippen LogP contribution in [0.15, 0.2) is 12.7 Å². The molecule has 0 bridgehead atoms. The van der Waals surface area contributed by atoms with Crippen molar-refractivity contribution in [1.29, 1.82) is 5.41 Å². The Kier molecular flexibility index (Phi) is 19.5. The molecular formula is C19H32N3NaO5. The summed E-state index contributed by atoms with van der Waals surface area (Å²) in [4.78, 5) is 33.7. The average molecular weight is 405 g/mol. The van der Waals surface area contributed by atoms with Gasteiger partial charge in [-0.3, -0.25) is 9.59 Å². The number of rotatable bonds is 17. The van der Waals surface area contributed by atoms with Gasteiger partial charge in [-0.2, -0.15) is 0 Å². The van der Waals surface area contributed by atoms with Gasteiger partial charge in [0, 0.05) is 13.0 Å². The average Bonchev–Trinajstić information content (AvgIpc) is 2.62. The number of carboxylic acids is 1. The molecule has 0 saturated heterocycles. The largest absolute Gasteiger partial charge is 1.00 e. The van der Waals surface area contributed by atoms with Crippen LogP contribution in [-0.4, -0.2) is 41.4 Å². The third-order valence-corrected chi connectivity index (χ3v) is 4.11. The van der Waals surface area contributed by atoms with Gasteiger partial charge in [-0.05, 0) is 37.7 Å². The normalized spacial score (nSPS) is 11.0. The summed E-state index contributed by atoms with van der Waals surface area (Å²) in [6.07, 6.45) is 9.26. The van der Waals surface area contributed by atoms with Gasteiger partial charge in [-0.15, -0.1) is 0 Å². The standard InChI is InChI=1S/C19H33N3O5.Na/c1-2-17(24)21-14-10-8-6-4-3-5-7-9-11-18(25)22-15(19(26)27)12-13-16(20)23;/h2,15H,1,3-14H2,(H2,20,23)(H,21,24)(H,22,25)(H,26,27);/q;+1/p-1/t15-;/m0./s1. The third kappa shape index (κ3) is 18.0. The smallest absolute Gasteiger partial charge is 0.862 e. The van der Waals surface area contributed by atoms with E-state index in [1.54, 1.807) is 0 Å². The van der Waals surface area contributed by atoms with Crippen LogP contribution < -0.4 is 45.3 Å². The van der Waals surface area contributed by atoms with Crippen molar-refractivity contribution in [2.75, 3.05) is 6.54 Å². The number of carbonyl (C=O) groups is 3. The number of hydrogen-bond acceptors (Lipinski definition) is 5. The van der Waals surface area contributed by atoms with Gasteiger partial charge in [-0.25, -0.2) is 4.79 Å². The van der Waals surface area contributed by atoms with Crippen molar-refractivity contribution in [2.45, 2.75) is 76.7 Å². The molecule has 9 heteroatoms. The molecule has 0 rings (SSSR count). The summed E-state index contributed by atoms with van der Waals surface area (Å²) in [6.45, 7) is 4.06. The molecule has 2 amide bonds. The molecule has 8 nitrogen and oxygen atoms in total. The zero-order valence-electron chi connectivity index (χ0n) is 16.9. The van der Waals surface area contributed by atoms with E-state index >= 15 is 0 Å². The molecule has 0 heterocycles. The molecule has 0 unspecified atom stereocenters. The maximum Gasteiger partial charge on any atom is 1.00 e. The molecule has 0 aliphatic rings. The molecule has 154 valence electrons. The number of carbonyl (C=O) groups excluding carboxylic acids is 2. The Labute approximate surface area is 189 Å². The minimum Gasteiger partial charge on any atom is -0.862 e. The van der Waals surface area contributed by atoms with Crippen molar-refractivity contribution in [1.82, 2.24) is 10.6 Å². The first kappa shape index (κ1) is 28.8. The Morgan fingerprint density at radius 3 is 2.04 bits per heavy atom. The summed E-state index contributed by atoms with van der Waals surface area (Å²) in [5.74, 6) is -2.49. The van der Waals surface area contributed by atoms with Crippen LogP contribution in [0.2, 0.25) is 0 Å². The number of unbranched alkanes of at least 4 members (excludes halogenated alkanes) is 7. The SMILES string of the molecule is C=CC(=O)NCCCCCCCCCCC(=O)N[C@@H](CCC(=N)[O-])C(=O)O.[Na+]. The Balaban J connectivity index is 0. The summed E-state index contributed by atoms with van der Waals surface area (Å²) < 4.78 is 0. The maximum absolute atomic E-state index is 11.8. The summed E-state index contributed by atoms with van der Waals surface area (Å²) in [5, 5.41) is 31.6. The van der Waals surface area contributed by atoms with Crippen LogP contribution in [0, 0.1) is 5.41 Å². The van der Waals surface area contributed by atoms with Crippen LogP contribution in [0.4, 0.5) is 0 Å². The Bertz CT molecular complexity index is 500. The van der Waals surface area contributed by atoms with Crippen LogP contribution >= 0.6 is 0 Å². The fourth-order valence-corrected chi connectivity index (χ4v) is 2.55. The second kappa shape index (κ2) is 19.0. The van der Waals surface area contributed by atoms with E-state index in [9.17, 15) is 19.5 Å². The van der Waals surface area contributed by atoms with Crippen LogP contribution in [0.1, 0.15) is 70.6 Å². The van der Waals surface area contributed by atoms with Crippen molar-refractivity contribution >= 4 is 23.7 Å². The zero-order chi connectivity index (χ0) is 20.5. The van der Waals surface area contributed by atoms with Gasteiger partial charge in [0.1, 0.15) is 6.04 Å². The molecule has 0 aliphatic carbocycles. The van der Waals surface area contributed by atoms with Gasteiger partial charge in [0.2, 0.25) is 11.8 Å². The zero-order valence-corrected chi connectivity index (χ0v) is 18.9. The van der Waals surface area contributed by atoms with E-state index in [1.165, 1.54) is 6.08 Å². The van der Waals surface area contributed by atoms with Gasteiger partial charge in [0.05, 0.1) is 0 Å². The number of carboxylic acid groups (broad SMARTS) is 1. The van der Waals surface area contributed by atoms with Gasteiger partial charge in [-0.1, -0.05) is 45.1 Å². The fourth-order valence-electron chi connectivity index (χ4n) is 2.55. The monoisotopic (exact) mass is 405 g/mol. The number of nitrogens with one attached hydrogen (secondary N) is 3. The maximum atomic E-state index is 11.8. The molecule has 1 atom stereocenters. The number of hydrogen-bond donors (Lipinski definition) is 4. The molecular weight excluding hydrogens is 373 g/mol. The van der Waals surface area contributed by atoms with Gasteiger partial charge in [0.25, 0.3) is 0 Å². The fraction of sp³-hybridized carbons (Fsp3) is 0.684. The second-order valence-electron chi connectivity index (χ2n) is 6.49. The van der Waals surface area contributed by atoms with Gasteiger partial charge >= 0.3 is 35.5 Å². The van der Waals surface area contributed by atoms with Gasteiger partial charge in [0.15, 0.2) is 0 Å². The van der Waals surface area contributed by atoms with Crippen LogP contribution in [0.3, 0.4) is 0 Å². The first-order chi connectivity index (χ1) is 12.9. The second-order valence-corrected chi connectivity index (χ2v) is 6.49. The van der Waals surface area contributed by atoms with Crippen molar-refractivity contribution in [3.63, 3.8) is 0 Å². The Morgan fingerprint density at radius 1 is 1.00 bits per heavy atom. The molecule has 0 aromatic rings. The summed E-state index contributed by atoms with van der Waals surface area (Å²) >= 11 is 0. The molecule has 0 aliphatic heterocycles. The third-order valence-electron chi connectivity index (χ3n) is 4.11. The molecule has 0 spiro atoms. The first-order valence-corrected chi connectivity index (χ1v) is 9.53. The molecule has 0 aromatic carbocycles. The summed E-state index contributed by atoms with van der Waals surface area (Å²) in [7, 11) is 0. The molecule has 0 fully saturated rings. The predicted molar refractivity (Wildman–Crippen MR) is 101 cm³/mol. The topological polar surface area (TPSA) is 142 Å². The van der Waals surface area contributed by atoms with Crippen molar-refractivity contribution in [2.24, 2.45) is 0 Å². The Hall–Kier alpha value is -1.38. The Morgan fingerprint density at radius 2 is 1.54 bits per heavy atom. The van der Waals surface area contributed by atoms with Crippen LogP contribution in [0.25, 0.3) is 0 Å².